The van der Waals surface area contributed by atoms with Gasteiger partial charge in [0.2, 0.25) is 0 Å². The lowest BCUT2D eigenvalue weighted by molar-refractivity contribution is 0.0521. The summed E-state index contributed by atoms with van der Waals surface area (Å²) in [6.07, 6.45) is 8.58. The Morgan fingerprint density at radius 2 is 1.91 bits per heavy atom. The molecule has 0 saturated heterocycles. The van der Waals surface area contributed by atoms with Crippen molar-refractivity contribution < 1.29 is 9.53 Å². The molecule has 22 heavy (non-hydrogen) atoms. The van der Waals surface area contributed by atoms with Crippen molar-refractivity contribution in [3.05, 3.63) is 0 Å². The monoisotopic (exact) mass is 312 g/mol. The van der Waals surface area contributed by atoms with Crippen molar-refractivity contribution >= 4 is 6.09 Å². The Hall–Kier alpha value is -0.770. The van der Waals surface area contributed by atoms with Gasteiger partial charge in [-0.25, -0.2) is 4.79 Å². The number of nitrogens with one attached hydrogen (secondary N) is 2. The topological polar surface area (TPSA) is 50.4 Å². The zero-order chi connectivity index (χ0) is 16.6. The molecule has 1 amide bonds. The van der Waals surface area contributed by atoms with E-state index in [-0.39, 0.29) is 6.09 Å². The fourth-order valence-electron chi connectivity index (χ4n) is 3.13. The van der Waals surface area contributed by atoms with E-state index in [0.717, 1.165) is 12.3 Å². The highest BCUT2D eigenvalue weighted by molar-refractivity contribution is 5.67. The molecule has 0 aromatic heterocycles. The van der Waals surface area contributed by atoms with Crippen LogP contribution in [-0.4, -0.2) is 30.3 Å². The maximum Gasteiger partial charge on any atom is 0.407 e. The zero-order valence-electron chi connectivity index (χ0n) is 15.2. The van der Waals surface area contributed by atoms with Crippen molar-refractivity contribution in [3.8, 4) is 0 Å². The molecule has 1 aliphatic rings. The second kappa shape index (κ2) is 9.39. The van der Waals surface area contributed by atoms with E-state index in [1.165, 1.54) is 38.5 Å². The minimum absolute atomic E-state index is 0.320. The number of amides is 1. The molecule has 2 N–H and O–H groups in total. The highest BCUT2D eigenvalue weighted by Crippen LogP contribution is 2.25. The van der Waals surface area contributed by atoms with Gasteiger partial charge in [0, 0.05) is 18.6 Å². The number of carbonyl (C=O) groups excluding carboxylic acids is 1. The van der Waals surface area contributed by atoms with Crippen LogP contribution < -0.4 is 10.6 Å². The predicted molar refractivity (Wildman–Crippen MR) is 92.1 cm³/mol. The normalized spacial score (nSPS) is 24.4. The lowest BCUT2D eigenvalue weighted by Gasteiger charge is -2.25. The molecule has 1 aliphatic carbocycles. The quantitative estimate of drug-likeness (QED) is 0.721. The fourth-order valence-corrected chi connectivity index (χ4v) is 3.13. The first-order chi connectivity index (χ1) is 10.3. The molecule has 0 heterocycles. The van der Waals surface area contributed by atoms with Crippen LogP contribution >= 0.6 is 0 Å². The molecule has 1 fully saturated rings. The van der Waals surface area contributed by atoms with Crippen LogP contribution in [0, 0.1) is 5.92 Å². The van der Waals surface area contributed by atoms with E-state index >= 15 is 0 Å². The molecule has 4 heteroatoms. The van der Waals surface area contributed by atoms with Gasteiger partial charge in [0.05, 0.1) is 0 Å². The number of ether oxygens (including phenoxy) is 1. The van der Waals surface area contributed by atoms with Crippen molar-refractivity contribution in [1.82, 2.24) is 10.6 Å². The predicted octanol–water partition coefficient (Wildman–Crippen LogP) is 4.24. The Morgan fingerprint density at radius 1 is 1.18 bits per heavy atom. The van der Waals surface area contributed by atoms with Gasteiger partial charge >= 0.3 is 6.09 Å². The van der Waals surface area contributed by atoms with Gasteiger partial charge in [-0.2, -0.15) is 0 Å². The molecule has 0 aromatic rings. The van der Waals surface area contributed by atoms with Gasteiger partial charge in [-0.15, -0.1) is 0 Å². The van der Waals surface area contributed by atoms with Gasteiger partial charge in [-0.1, -0.05) is 33.1 Å². The number of carbonyl (C=O) groups is 1. The second-order valence-electron chi connectivity index (χ2n) is 7.63. The van der Waals surface area contributed by atoms with Gasteiger partial charge in [0.25, 0.3) is 0 Å². The molecule has 0 radical (unpaired) electrons. The van der Waals surface area contributed by atoms with E-state index in [1.807, 2.05) is 20.8 Å². The molecule has 0 aliphatic heterocycles. The third kappa shape index (κ3) is 8.02. The summed E-state index contributed by atoms with van der Waals surface area (Å²) in [4.78, 5) is 11.7. The summed E-state index contributed by atoms with van der Waals surface area (Å²) in [5.74, 6) is 0.909. The molecule has 3 unspecified atom stereocenters. The van der Waals surface area contributed by atoms with E-state index in [0.29, 0.717) is 18.6 Å². The van der Waals surface area contributed by atoms with Crippen LogP contribution in [0.5, 0.6) is 0 Å². The highest BCUT2D eigenvalue weighted by atomic mass is 16.6. The van der Waals surface area contributed by atoms with E-state index < -0.39 is 5.60 Å². The molecule has 1 saturated carbocycles. The SMILES string of the molecule is CCC1CCCC(NC(CC)CNC(=O)OC(C)(C)C)CC1. The third-order valence-corrected chi connectivity index (χ3v) is 4.52. The van der Waals surface area contributed by atoms with Crippen LogP contribution in [-0.2, 0) is 4.74 Å². The summed E-state index contributed by atoms with van der Waals surface area (Å²) in [5, 5.41) is 6.63. The molecular formula is C18H36N2O2. The maximum atomic E-state index is 11.7. The molecule has 0 spiro atoms. The van der Waals surface area contributed by atoms with E-state index in [1.54, 1.807) is 0 Å². The van der Waals surface area contributed by atoms with Crippen LogP contribution in [0.3, 0.4) is 0 Å². The number of alkyl carbamates (subject to hydrolysis) is 1. The van der Waals surface area contributed by atoms with Gasteiger partial charge in [0.15, 0.2) is 0 Å². The molecule has 130 valence electrons. The summed E-state index contributed by atoms with van der Waals surface area (Å²) >= 11 is 0. The van der Waals surface area contributed by atoms with Crippen LogP contribution in [0.15, 0.2) is 0 Å². The van der Waals surface area contributed by atoms with E-state index in [4.69, 9.17) is 4.74 Å². The summed E-state index contributed by atoms with van der Waals surface area (Å²) in [6, 6.07) is 0.928. The fraction of sp³-hybridized carbons (Fsp3) is 0.944. The summed E-state index contributed by atoms with van der Waals surface area (Å²) in [7, 11) is 0. The van der Waals surface area contributed by atoms with E-state index in [9.17, 15) is 4.79 Å². The zero-order valence-corrected chi connectivity index (χ0v) is 15.2. The van der Waals surface area contributed by atoms with Gasteiger partial charge < -0.3 is 15.4 Å². The molecule has 0 aromatic carbocycles. The third-order valence-electron chi connectivity index (χ3n) is 4.52. The largest absolute Gasteiger partial charge is 0.444 e. The lowest BCUT2D eigenvalue weighted by atomic mass is 9.97. The summed E-state index contributed by atoms with van der Waals surface area (Å²) in [5.41, 5.74) is -0.435. The van der Waals surface area contributed by atoms with Crippen LogP contribution in [0.4, 0.5) is 4.79 Å². The first-order valence-electron chi connectivity index (χ1n) is 9.07. The van der Waals surface area contributed by atoms with Crippen molar-refractivity contribution in [2.75, 3.05) is 6.54 Å². The minimum atomic E-state index is -0.435. The van der Waals surface area contributed by atoms with Gasteiger partial charge in [-0.3, -0.25) is 0 Å². The Balaban J connectivity index is 2.33. The van der Waals surface area contributed by atoms with Crippen LogP contribution in [0.1, 0.15) is 79.6 Å². The molecule has 1 rings (SSSR count). The highest BCUT2D eigenvalue weighted by Gasteiger charge is 2.21. The molecule has 0 bridgehead atoms. The Labute approximate surface area is 136 Å². The minimum Gasteiger partial charge on any atom is -0.444 e. The van der Waals surface area contributed by atoms with Crippen LogP contribution in [0.2, 0.25) is 0 Å². The molecular weight excluding hydrogens is 276 g/mol. The van der Waals surface area contributed by atoms with E-state index in [2.05, 4.69) is 24.5 Å². The molecule has 4 nitrogen and oxygen atoms in total. The average molecular weight is 312 g/mol. The first-order valence-corrected chi connectivity index (χ1v) is 9.07. The standard InChI is InChI=1S/C18H36N2O2/c1-6-14-9-8-10-16(12-11-14)20-15(7-2)13-19-17(21)22-18(3,4)5/h14-16,20H,6-13H2,1-5H3,(H,19,21). The van der Waals surface area contributed by atoms with Crippen molar-refractivity contribution in [2.45, 2.75) is 97.2 Å². The number of hydrogen-bond acceptors (Lipinski definition) is 3. The van der Waals surface area contributed by atoms with Crippen LogP contribution in [0.25, 0.3) is 0 Å². The first kappa shape index (κ1) is 19.3. The summed E-state index contributed by atoms with van der Waals surface area (Å²) < 4.78 is 5.29. The van der Waals surface area contributed by atoms with Crippen molar-refractivity contribution in [1.29, 1.82) is 0 Å². The maximum absolute atomic E-state index is 11.7. The number of rotatable bonds is 6. The van der Waals surface area contributed by atoms with Gasteiger partial charge in [-0.05, 0) is 52.4 Å². The van der Waals surface area contributed by atoms with Gasteiger partial charge in [0.1, 0.15) is 5.60 Å². The van der Waals surface area contributed by atoms with Crippen molar-refractivity contribution in [2.24, 2.45) is 5.92 Å². The summed E-state index contributed by atoms with van der Waals surface area (Å²) in [6.45, 7) is 10.8. The van der Waals surface area contributed by atoms with Crippen molar-refractivity contribution in [3.63, 3.8) is 0 Å². The second-order valence-corrected chi connectivity index (χ2v) is 7.63. The Morgan fingerprint density at radius 3 is 2.50 bits per heavy atom. The smallest absolute Gasteiger partial charge is 0.407 e. The Bertz CT molecular complexity index is 326. The number of hydrogen-bond donors (Lipinski definition) is 2. The average Bonchev–Trinajstić information content (AvgIpc) is 2.66. The molecule has 3 atom stereocenters. The Kier molecular flexibility index (Phi) is 8.23. The lowest BCUT2D eigenvalue weighted by Crippen LogP contribution is -2.46.